The van der Waals surface area contributed by atoms with E-state index in [1.165, 1.54) is 16.9 Å². The number of hydrogen-bond donors (Lipinski definition) is 1. The second kappa shape index (κ2) is 7.31. The lowest BCUT2D eigenvalue weighted by Crippen LogP contribution is -2.24. The fourth-order valence-corrected chi connectivity index (χ4v) is 2.76. The lowest BCUT2D eigenvalue weighted by Gasteiger charge is -2.12. The Balaban J connectivity index is 2.08. The molecule has 2 heterocycles. The van der Waals surface area contributed by atoms with Crippen molar-refractivity contribution < 1.29 is 4.79 Å². The maximum absolute atomic E-state index is 11.9. The minimum atomic E-state index is -0.529. The number of rotatable bonds is 5. The van der Waals surface area contributed by atoms with Crippen molar-refractivity contribution in [2.24, 2.45) is 5.73 Å². The molecule has 132 valence electrons. The van der Waals surface area contributed by atoms with E-state index in [9.17, 15) is 9.59 Å². The third-order valence-electron chi connectivity index (χ3n) is 4.04. The van der Waals surface area contributed by atoms with Crippen molar-refractivity contribution >= 4 is 5.91 Å². The zero-order valence-corrected chi connectivity index (χ0v) is 14.7. The van der Waals surface area contributed by atoms with E-state index in [0.29, 0.717) is 12.0 Å². The van der Waals surface area contributed by atoms with Crippen molar-refractivity contribution in [1.29, 1.82) is 0 Å². The molecule has 1 amide bonds. The molecule has 2 aromatic heterocycles. The molecule has 0 fully saturated rings. The van der Waals surface area contributed by atoms with Crippen molar-refractivity contribution in [2.45, 2.75) is 26.3 Å². The van der Waals surface area contributed by atoms with E-state index >= 15 is 0 Å². The number of aromatic nitrogens is 3. The highest BCUT2D eigenvalue weighted by atomic mass is 16.1. The molecule has 0 radical (unpaired) electrons. The molecule has 3 aromatic rings. The fourth-order valence-electron chi connectivity index (χ4n) is 2.76. The number of carbonyl (C=O) groups excluding carboxylic acids is 1. The van der Waals surface area contributed by atoms with Crippen molar-refractivity contribution in [3.8, 4) is 11.3 Å². The van der Waals surface area contributed by atoms with Gasteiger partial charge in [-0.25, -0.2) is 4.68 Å². The number of carbonyl (C=O) groups is 1. The number of amides is 1. The summed E-state index contributed by atoms with van der Waals surface area (Å²) in [7, 11) is 0. The monoisotopic (exact) mass is 348 g/mol. The maximum Gasteiger partial charge on any atom is 0.266 e. The lowest BCUT2D eigenvalue weighted by molar-refractivity contribution is 0.1000. The quantitative estimate of drug-likeness (QED) is 0.767. The van der Waals surface area contributed by atoms with E-state index in [4.69, 9.17) is 5.73 Å². The van der Waals surface area contributed by atoms with E-state index in [0.717, 1.165) is 22.5 Å². The van der Waals surface area contributed by atoms with Gasteiger partial charge in [-0.15, -0.1) is 0 Å². The van der Waals surface area contributed by atoms with E-state index < -0.39 is 5.91 Å². The molecule has 0 aliphatic heterocycles. The molecule has 6 nitrogen and oxygen atoms in total. The van der Waals surface area contributed by atoms with E-state index in [1.54, 1.807) is 12.1 Å². The minimum Gasteiger partial charge on any atom is -0.366 e. The van der Waals surface area contributed by atoms with Crippen LogP contribution in [-0.2, 0) is 6.42 Å². The van der Waals surface area contributed by atoms with Gasteiger partial charge in [0.25, 0.3) is 5.56 Å². The van der Waals surface area contributed by atoms with Crippen molar-refractivity contribution in [2.75, 3.05) is 0 Å². The molecule has 0 aliphatic carbocycles. The summed E-state index contributed by atoms with van der Waals surface area (Å²) >= 11 is 0. The molecule has 0 saturated carbocycles. The van der Waals surface area contributed by atoms with Gasteiger partial charge in [-0.2, -0.15) is 5.10 Å². The Kier molecular flexibility index (Phi) is 4.93. The average molecular weight is 348 g/mol. The summed E-state index contributed by atoms with van der Waals surface area (Å²) in [5, 5.41) is 4.44. The number of hydrogen-bond acceptors (Lipinski definition) is 4. The van der Waals surface area contributed by atoms with Crippen LogP contribution >= 0.6 is 0 Å². The standard InChI is InChI=1S/C20H20N4O2/c1-13(2)24-18(25)9-8-17(23-24)11-15-10-16(20(21)26)12-22-19(15)14-6-4-3-5-7-14/h3-10,12-13H,11H2,1-2H3,(H2,21,26). The van der Waals surface area contributed by atoms with E-state index in [1.807, 2.05) is 44.2 Å². The SMILES string of the molecule is CC(C)n1nc(Cc2cc(C(N)=O)cnc2-c2ccccc2)ccc1=O. The Morgan fingerprint density at radius 1 is 1.15 bits per heavy atom. The summed E-state index contributed by atoms with van der Waals surface area (Å²) in [4.78, 5) is 27.9. The van der Waals surface area contributed by atoms with Gasteiger partial charge in [0.05, 0.1) is 23.0 Å². The number of benzene rings is 1. The molecule has 0 saturated heterocycles. The molecular weight excluding hydrogens is 328 g/mol. The highest BCUT2D eigenvalue weighted by molar-refractivity contribution is 5.93. The first-order chi connectivity index (χ1) is 12.5. The Morgan fingerprint density at radius 3 is 2.54 bits per heavy atom. The Bertz CT molecular complexity index is 994. The van der Waals surface area contributed by atoms with Gasteiger partial charge < -0.3 is 5.73 Å². The van der Waals surface area contributed by atoms with Crippen LogP contribution in [0.3, 0.4) is 0 Å². The highest BCUT2D eigenvalue weighted by Gasteiger charge is 2.13. The Morgan fingerprint density at radius 2 is 1.88 bits per heavy atom. The molecule has 0 unspecified atom stereocenters. The van der Waals surface area contributed by atoms with Gasteiger partial charge in [-0.05, 0) is 31.5 Å². The number of nitrogens with two attached hydrogens (primary N) is 1. The maximum atomic E-state index is 11.9. The molecule has 0 bridgehead atoms. The summed E-state index contributed by atoms with van der Waals surface area (Å²) < 4.78 is 1.45. The predicted molar refractivity (Wildman–Crippen MR) is 99.9 cm³/mol. The van der Waals surface area contributed by atoms with Crippen LogP contribution in [0.2, 0.25) is 0 Å². The van der Waals surface area contributed by atoms with Crippen molar-refractivity contribution in [1.82, 2.24) is 14.8 Å². The summed E-state index contributed by atoms with van der Waals surface area (Å²) in [6.07, 6.45) is 1.92. The second-order valence-corrected chi connectivity index (χ2v) is 6.34. The average Bonchev–Trinajstić information content (AvgIpc) is 2.63. The van der Waals surface area contributed by atoms with Crippen LogP contribution < -0.4 is 11.3 Å². The molecule has 0 aliphatic rings. The van der Waals surface area contributed by atoms with Gasteiger partial charge in [-0.3, -0.25) is 14.6 Å². The van der Waals surface area contributed by atoms with Gasteiger partial charge in [0.2, 0.25) is 5.91 Å². The van der Waals surface area contributed by atoms with Crippen LogP contribution in [0.25, 0.3) is 11.3 Å². The van der Waals surface area contributed by atoms with Gasteiger partial charge >= 0.3 is 0 Å². The minimum absolute atomic E-state index is 0.0360. The van der Waals surface area contributed by atoms with Gasteiger partial charge in [-0.1, -0.05) is 30.3 Å². The normalized spacial score (nSPS) is 10.9. The molecule has 0 spiro atoms. The largest absolute Gasteiger partial charge is 0.366 e. The number of pyridine rings is 1. The Hall–Kier alpha value is -3.28. The third-order valence-corrected chi connectivity index (χ3v) is 4.04. The molecule has 0 atom stereocenters. The first kappa shape index (κ1) is 17.5. The van der Waals surface area contributed by atoms with Crippen LogP contribution in [-0.4, -0.2) is 20.7 Å². The molecule has 26 heavy (non-hydrogen) atoms. The summed E-state index contributed by atoms with van der Waals surface area (Å²) in [6.45, 7) is 3.81. The van der Waals surface area contributed by atoms with E-state index in [-0.39, 0.29) is 11.6 Å². The summed E-state index contributed by atoms with van der Waals surface area (Å²) in [6, 6.07) is 14.6. The van der Waals surface area contributed by atoms with Crippen molar-refractivity contribution in [3.63, 3.8) is 0 Å². The zero-order chi connectivity index (χ0) is 18.7. The smallest absolute Gasteiger partial charge is 0.266 e. The van der Waals surface area contributed by atoms with E-state index in [2.05, 4.69) is 10.1 Å². The molecule has 2 N–H and O–H groups in total. The molecule has 3 rings (SSSR count). The fraction of sp³-hybridized carbons (Fsp3) is 0.200. The first-order valence-electron chi connectivity index (χ1n) is 8.38. The topological polar surface area (TPSA) is 90.9 Å². The van der Waals surface area contributed by atoms with Crippen LogP contribution in [0.5, 0.6) is 0 Å². The Labute approximate surface area is 151 Å². The zero-order valence-electron chi connectivity index (χ0n) is 14.7. The molecule has 6 heteroatoms. The first-order valence-corrected chi connectivity index (χ1v) is 8.38. The van der Waals surface area contributed by atoms with Gasteiger partial charge in [0.1, 0.15) is 0 Å². The number of primary amides is 1. The number of nitrogens with zero attached hydrogens (tertiary/aromatic N) is 3. The van der Waals surface area contributed by atoms with Gasteiger partial charge in [0.15, 0.2) is 0 Å². The van der Waals surface area contributed by atoms with Gasteiger partial charge in [0, 0.05) is 24.2 Å². The van der Waals surface area contributed by atoms with Crippen LogP contribution in [0.4, 0.5) is 0 Å². The van der Waals surface area contributed by atoms with Crippen LogP contribution in [0.1, 0.15) is 41.5 Å². The summed E-state index contributed by atoms with van der Waals surface area (Å²) in [5.74, 6) is -0.529. The predicted octanol–water partition coefficient (Wildman–Crippen LogP) is 2.58. The van der Waals surface area contributed by atoms with Crippen LogP contribution in [0, 0.1) is 0 Å². The molecule has 1 aromatic carbocycles. The van der Waals surface area contributed by atoms with Crippen molar-refractivity contribution in [3.05, 3.63) is 81.9 Å². The highest BCUT2D eigenvalue weighted by Crippen LogP contribution is 2.24. The lowest BCUT2D eigenvalue weighted by atomic mass is 10.00. The second-order valence-electron chi connectivity index (χ2n) is 6.34. The van der Waals surface area contributed by atoms with Crippen LogP contribution in [0.15, 0.2) is 59.5 Å². The molecular formula is C20H20N4O2. The summed E-state index contributed by atoms with van der Waals surface area (Å²) in [5.41, 5.74) is 8.86. The third kappa shape index (κ3) is 3.69.